The zero-order chi connectivity index (χ0) is 51.9. The lowest BCUT2D eigenvalue weighted by Gasteiger charge is -2.44. The Morgan fingerprint density at radius 1 is 0.448 bits per heavy atom. The molecule has 0 saturated heterocycles. The highest BCUT2D eigenvalue weighted by Gasteiger charge is 2.99. The molecular formula is C40H35F23O3S. The van der Waals surface area contributed by atoms with Crippen molar-refractivity contribution in [2.45, 2.75) is 134 Å². The Morgan fingerprint density at radius 2 is 0.776 bits per heavy atom. The first-order valence-electron chi connectivity index (χ1n) is 18.9. The van der Waals surface area contributed by atoms with Crippen molar-refractivity contribution in [1.82, 2.24) is 0 Å². The number of halogens is 23. The fraction of sp³-hybridized carbons (Fsp3) is 0.525. The highest BCUT2D eigenvalue weighted by atomic mass is 32.1. The Labute approximate surface area is 370 Å². The topological polar surface area (TPSA) is 35.5 Å². The first-order valence-corrected chi connectivity index (χ1v) is 19.3. The van der Waals surface area contributed by atoms with Gasteiger partial charge in [-0.05, 0) is 42.5 Å². The van der Waals surface area contributed by atoms with E-state index >= 15 is 0 Å². The van der Waals surface area contributed by atoms with Gasteiger partial charge in [0.25, 0.3) is 0 Å². The molecule has 380 valence electrons. The van der Waals surface area contributed by atoms with Crippen molar-refractivity contribution in [2.24, 2.45) is 0 Å². The molecule has 0 heterocycles. The quantitative estimate of drug-likeness (QED) is 0.0358. The third kappa shape index (κ3) is 11.3. The van der Waals surface area contributed by atoms with Crippen LogP contribution in [-0.2, 0) is 14.6 Å². The second-order valence-electron chi connectivity index (χ2n) is 14.5. The molecule has 27 heteroatoms. The molecule has 3 nitrogen and oxygen atoms in total. The fourth-order valence-corrected chi connectivity index (χ4v) is 6.00. The average molecular weight is 1030 g/mol. The monoisotopic (exact) mass is 1030 g/mol. The van der Waals surface area contributed by atoms with Crippen molar-refractivity contribution in [3.63, 3.8) is 0 Å². The molecule has 0 radical (unpaired) electrons. The molecule has 0 bridgehead atoms. The number of unbranched alkanes of at least 4 members (excludes halogenated alkanes) is 2. The summed E-state index contributed by atoms with van der Waals surface area (Å²) in [6.45, 7) is 1.37. The summed E-state index contributed by atoms with van der Waals surface area (Å²) < 4.78 is 315. The van der Waals surface area contributed by atoms with Crippen LogP contribution >= 0.6 is 12.6 Å². The molecule has 0 saturated carbocycles. The lowest BCUT2D eigenvalue weighted by Crippen LogP contribution is -2.78. The number of benzene rings is 3. The number of carbonyl (C=O) groups excluding carboxylic acids is 1. The van der Waals surface area contributed by atoms with Gasteiger partial charge in [-0.3, -0.25) is 4.89 Å². The van der Waals surface area contributed by atoms with E-state index in [9.17, 15) is 106 Å². The first-order chi connectivity index (χ1) is 30.3. The summed E-state index contributed by atoms with van der Waals surface area (Å²) in [6, 6.07) is 27.8. The van der Waals surface area contributed by atoms with Gasteiger partial charge in [-0.25, -0.2) is 4.79 Å². The van der Waals surface area contributed by atoms with Crippen LogP contribution in [0.2, 0.25) is 0 Å². The van der Waals surface area contributed by atoms with Gasteiger partial charge < -0.3 is 0 Å². The van der Waals surface area contributed by atoms with Crippen LogP contribution in [0.3, 0.4) is 0 Å². The number of hydrogen-bond donors (Lipinski definition) is 1. The van der Waals surface area contributed by atoms with Gasteiger partial charge in [0, 0.05) is 10.8 Å². The third-order valence-electron chi connectivity index (χ3n) is 9.71. The van der Waals surface area contributed by atoms with Crippen LogP contribution in [0.5, 0.6) is 0 Å². The molecule has 1 atom stereocenters. The smallest absolute Gasteiger partial charge is 0.291 e. The van der Waals surface area contributed by atoms with Crippen molar-refractivity contribution < 1.29 is 116 Å². The van der Waals surface area contributed by atoms with E-state index in [0.717, 1.165) is 16.0 Å². The molecule has 3 aromatic carbocycles. The second-order valence-corrected chi connectivity index (χ2v) is 15.0. The summed E-state index contributed by atoms with van der Waals surface area (Å²) in [5, 5.41) is 0. The summed E-state index contributed by atoms with van der Waals surface area (Å²) in [4.78, 5) is 20.3. The lowest BCUT2D eigenvalue weighted by atomic mass is 9.85. The maximum atomic E-state index is 14.4. The Balaban J connectivity index is 0.00000200. The lowest BCUT2D eigenvalue weighted by molar-refractivity contribution is -0.478. The molecule has 1 unspecified atom stereocenters. The zero-order valence-electron chi connectivity index (χ0n) is 33.6. The minimum atomic E-state index is -9.53. The maximum absolute atomic E-state index is 14.4. The SMILES string of the molecule is CCCC(CCCCCC(c1ccccc1)c1ccccc1)OOC(=O)C(F)(F)C(F)(F)C(F)(F)C(F)(F)C(F)(F)C(F)(F)C(F)(F)C(F)(F)C(F)(F)C(F)(F)C(F)(F)F.Sc1ccccc1. The summed E-state index contributed by atoms with van der Waals surface area (Å²) in [7, 11) is 0. The maximum Gasteiger partial charge on any atom is 0.460 e. The minimum absolute atomic E-state index is 0.00983. The second kappa shape index (κ2) is 21.2. The molecule has 3 aromatic rings. The number of hydrogen-bond acceptors (Lipinski definition) is 4. The molecular weight excluding hydrogens is 997 g/mol. The molecule has 0 aliphatic carbocycles. The van der Waals surface area contributed by atoms with Gasteiger partial charge in [-0.15, -0.1) is 12.6 Å². The Kier molecular flexibility index (Phi) is 18.7. The first kappa shape index (κ1) is 59.0. The van der Waals surface area contributed by atoms with Crippen molar-refractivity contribution in [3.05, 3.63) is 102 Å². The summed E-state index contributed by atoms with van der Waals surface area (Å²) in [5.74, 6) is -94.4. The van der Waals surface area contributed by atoms with Crippen molar-refractivity contribution in [3.8, 4) is 0 Å². The molecule has 0 aliphatic heterocycles. The van der Waals surface area contributed by atoms with E-state index < -0.39 is 77.5 Å². The van der Waals surface area contributed by atoms with Crippen molar-refractivity contribution >= 4 is 18.6 Å². The van der Waals surface area contributed by atoms with E-state index in [2.05, 4.69) is 22.4 Å². The van der Waals surface area contributed by atoms with E-state index in [0.29, 0.717) is 19.3 Å². The van der Waals surface area contributed by atoms with Gasteiger partial charge in [0.1, 0.15) is 6.10 Å². The molecule has 67 heavy (non-hydrogen) atoms. The standard InChI is InChI=1S/C34H29F23O3.C6H6S/c1-2-12-21(17-10-5-11-18-22(19-13-6-3-7-14-19)20-15-8-4-9-16-20)59-60-23(58)24(35,36)25(37,38)26(39,40)27(41,42)28(43,44)29(45,46)30(47,48)31(49,50)32(51,52)33(53,54)34(55,56)57;7-6-4-2-1-3-5-6/h3-4,6-9,13-16,21-22H,2,5,10-12,17-18H2,1H3;1-5,7H. The van der Waals surface area contributed by atoms with Crippen LogP contribution in [0.25, 0.3) is 0 Å². The van der Waals surface area contributed by atoms with Crippen LogP contribution in [0, 0.1) is 0 Å². The molecule has 0 aromatic heterocycles. The van der Waals surface area contributed by atoms with E-state index in [1.165, 1.54) is 6.92 Å². The predicted octanol–water partition coefficient (Wildman–Crippen LogP) is 15.3. The largest absolute Gasteiger partial charge is 0.460 e. The average Bonchev–Trinajstić information content (AvgIpc) is 3.23. The fourth-order valence-electron chi connectivity index (χ4n) is 5.83. The van der Waals surface area contributed by atoms with Crippen LogP contribution in [0.1, 0.15) is 68.9 Å². The Morgan fingerprint density at radius 3 is 1.10 bits per heavy atom. The van der Waals surface area contributed by atoms with Gasteiger partial charge in [0.2, 0.25) is 0 Å². The summed E-state index contributed by atoms with van der Waals surface area (Å²) in [6.07, 6.45) is -9.01. The van der Waals surface area contributed by atoms with Crippen LogP contribution in [0.15, 0.2) is 95.9 Å². The van der Waals surface area contributed by atoms with Gasteiger partial charge >= 0.3 is 71.4 Å². The molecule has 0 N–H and O–H groups in total. The Bertz CT molecular complexity index is 1960. The summed E-state index contributed by atoms with van der Waals surface area (Å²) in [5.41, 5.74) is 1.83. The summed E-state index contributed by atoms with van der Waals surface area (Å²) >= 11 is 4.08. The normalized spacial score (nSPS) is 14.7. The molecule has 0 fully saturated rings. The van der Waals surface area contributed by atoms with E-state index in [1.54, 1.807) is 36.4 Å². The zero-order valence-corrected chi connectivity index (χ0v) is 34.5. The van der Waals surface area contributed by atoms with Gasteiger partial charge in [-0.2, -0.15) is 106 Å². The molecule has 0 amide bonds. The number of carbonyl (C=O) groups is 1. The van der Waals surface area contributed by atoms with E-state index in [-0.39, 0.29) is 31.6 Å². The predicted molar refractivity (Wildman–Crippen MR) is 193 cm³/mol. The number of rotatable bonds is 22. The minimum Gasteiger partial charge on any atom is -0.291 e. The molecule has 0 aliphatic rings. The van der Waals surface area contributed by atoms with Gasteiger partial charge in [0.15, 0.2) is 0 Å². The van der Waals surface area contributed by atoms with E-state index in [4.69, 9.17) is 0 Å². The number of alkyl halides is 23. The third-order valence-corrected chi connectivity index (χ3v) is 10.0. The highest BCUT2D eigenvalue weighted by Crippen LogP contribution is 2.67. The van der Waals surface area contributed by atoms with Crippen LogP contribution in [-0.4, -0.2) is 77.5 Å². The van der Waals surface area contributed by atoms with Crippen molar-refractivity contribution in [1.29, 1.82) is 0 Å². The van der Waals surface area contributed by atoms with Gasteiger partial charge in [-0.1, -0.05) is 111 Å². The van der Waals surface area contributed by atoms with Crippen molar-refractivity contribution in [2.75, 3.05) is 0 Å². The van der Waals surface area contributed by atoms with E-state index in [1.807, 2.05) is 54.6 Å². The molecule has 3 rings (SSSR count). The Hall–Kier alpha value is -4.17. The van der Waals surface area contributed by atoms with Crippen LogP contribution in [0.4, 0.5) is 101 Å². The highest BCUT2D eigenvalue weighted by molar-refractivity contribution is 7.80. The molecule has 0 spiro atoms. The van der Waals surface area contributed by atoms with Crippen LogP contribution < -0.4 is 0 Å². The van der Waals surface area contributed by atoms with Gasteiger partial charge in [0.05, 0.1) is 0 Å². The number of thiol groups is 1.